The van der Waals surface area contributed by atoms with Crippen molar-refractivity contribution in [2.45, 2.75) is 46.7 Å². The molecule has 0 nitrogen and oxygen atoms in total. The van der Waals surface area contributed by atoms with Crippen LogP contribution in [0.1, 0.15) is 40.5 Å². The Morgan fingerprint density at radius 3 is 1.75 bits per heavy atom. The average molecular weight is 182 g/mol. The maximum absolute atomic E-state index is 11.8. The molecule has 0 N–H and O–H groups in total. The molecule has 3 heteroatoms. The van der Waals surface area contributed by atoms with Gasteiger partial charge in [-0.05, 0) is 17.8 Å². The Balaban J connectivity index is 3.80. The summed E-state index contributed by atoms with van der Waals surface area (Å²) in [5.41, 5.74) is -0.0226. The zero-order valence-electron chi connectivity index (χ0n) is 8.13. The summed E-state index contributed by atoms with van der Waals surface area (Å²) in [6.45, 7) is 7.77. The lowest BCUT2D eigenvalue weighted by Crippen LogP contribution is -2.20. The van der Waals surface area contributed by atoms with Gasteiger partial charge in [0.1, 0.15) is 0 Å². The van der Waals surface area contributed by atoms with Gasteiger partial charge in [0, 0.05) is 6.42 Å². The molecule has 0 aliphatic heterocycles. The summed E-state index contributed by atoms with van der Waals surface area (Å²) in [7, 11) is 0. The topological polar surface area (TPSA) is 0 Å². The number of hydrogen-bond acceptors (Lipinski definition) is 0. The molecule has 0 saturated heterocycles. The van der Waals surface area contributed by atoms with E-state index in [2.05, 4.69) is 0 Å². The highest BCUT2D eigenvalue weighted by Gasteiger charge is 2.30. The van der Waals surface area contributed by atoms with E-state index in [0.717, 1.165) is 0 Å². The maximum atomic E-state index is 11.8. The molecule has 0 aromatic rings. The molecule has 1 atom stereocenters. The van der Waals surface area contributed by atoms with Gasteiger partial charge in [0.05, 0.1) is 0 Å². The molecule has 0 radical (unpaired) electrons. The summed E-state index contributed by atoms with van der Waals surface area (Å²) >= 11 is 0. The van der Waals surface area contributed by atoms with E-state index in [-0.39, 0.29) is 17.8 Å². The Bertz CT molecular complexity index is 130. The molecule has 0 spiro atoms. The molecule has 0 fully saturated rings. The summed E-state index contributed by atoms with van der Waals surface area (Å²) in [5.74, 6) is 0.110. The molecule has 0 rings (SSSR count). The van der Waals surface area contributed by atoms with Crippen LogP contribution in [0.5, 0.6) is 0 Å². The minimum absolute atomic E-state index is 0.0226. The summed E-state index contributed by atoms with van der Waals surface area (Å²) < 4.78 is 35.4. The minimum Gasteiger partial charge on any atom is -0.171 e. The molecule has 0 heterocycles. The molecule has 0 aliphatic rings. The van der Waals surface area contributed by atoms with E-state index in [1.165, 1.54) is 0 Å². The van der Waals surface area contributed by atoms with Gasteiger partial charge in [0.15, 0.2) is 0 Å². The van der Waals surface area contributed by atoms with Gasteiger partial charge in [-0.1, -0.05) is 27.7 Å². The van der Waals surface area contributed by atoms with Crippen molar-refractivity contribution < 1.29 is 13.2 Å². The van der Waals surface area contributed by atoms with Crippen molar-refractivity contribution in [2.75, 3.05) is 0 Å². The first-order valence-corrected chi connectivity index (χ1v) is 4.19. The zero-order valence-corrected chi connectivity index (χ0v) is 8.13. The van der Waals surface area contributed by atoms with Crippen molar-refractivity contribution in [1.29, 1.82) is 0 Å². The van der Waals surface area contributed by atoms with Crippen LogP contribution < -0.4 is 0 Å². The van der Waals surface area contributed by atoms with Gasteiger partial charge in [-0.15, -0.1) is 0 Å². The first-order valence-electron chi connectivity index (χ1n) is 4.19. The minimum atomic E-state index is -4.00. The van der Waals surface area contributed by atoms with Crippen LogP contribution in [0.25, 0.3) is 0 Å². The second kappa shape index (κ2) is 3.67. The van der Waals surface area contributed by atoms with Crippen LogP contribution in [0.4, 0.5) is 13.2 Å². The average Bonchev–Trinajstić information content (AvgIpc) is 1.78. The molecule has 12 heavy (non-hydrogen) atoms. The number of halogens is 3. The molecule has 0 bridgehead atoms. The third kappa shape index (κ3) is 5.44. The van der Waals surface area contributed by atoms with Gasteiger partial charge in [0.25, 0.3) is 0 Å². The second-order valence-electron chi connectivity index (χ2n) is 4.42. The summed E-state index contributed by atoms with van der Waals surface area (Å²) in [5, 5.41) is 0. The summed E-state index contributed by atoms with van der Waals surface area (Å²) in [4.78, 5) is 0. The van der Waals surface area contributed by atoms with Crippen LogP contribution in [0, 0.1) is 11.3 Å². The molecule has 0 amide bonds. The van der Waals surface area contributed by atoms with E-state index in [0.29, 0.717) is 0 Å². The SMILES string of the molecule is CC(CCC(F)(F)F)C(C)(C)C. The van der Waals surface area contributed by atoms with Crippen molar-refractivity contribution in [3.63, 3.8) is 0 Å². The third-order valence-corrected chi connectivity index (χ3v) is 2.34. The first kappa shape index (κ1) is 11.8. The predicted octanol–water partition coefficient (Wildman–Crippen LogP) is 4.01. The highest BCUT2D eigenvalue weighted by Crippen LogP contribution is 2.32. The Kier molecular flexibility index (Phi) is 3.60. The van der Waals surface area contributed by atoms with E-state index < -0.39 is 12.6 Å². The number of alkyl halides is 3. The Morgan fingerprint density at radius 2 is 1.50 bits per heavy atom. The Hall–Kier alpha value is -0.210. The largest absolute Gasteiger partial charge is 0.389 e. The predicted molar refractivity (Wildman–Crippen MR) is 43.9 cm³/mol. The van der Waals surface area contributed by atoms with Crippen LogP contribution in [-0.4, -0.2) is 6.18 Å². The second-order valence-corrected chi connectivity index (χ2v) is 4.42. The van der Waals surface area contributed by atoms with Gasteiger partial charge in [-0.25, -0.2) is 0 Å². The van der Waals surface area contributed by atoms with Crippen molar-refractivity contribution in [1.82, 2.24) is 0 Å². The van der Waals surface area contributed by atoms with Crippen LogP contribution in [0.2, 0.25) is 0 Å². The standard InChI is InChI=1S/C9H17F3/c1-7(8(2,3)4)5-6-9(10,11)12/h7H,5-6H2,1-4H3. The van der Waals surface area contributed by atoms with Crippen LogP contribution >= 0.6 is 0 Å². The van der Waals surface area contributed by atoms with Crippen LogP contribution in [-0.2, 0) is 0 Å². The van der Waals surface area contributed by atoms with E-state index in [9.17, 15) is 13.2 Å². The fraction of sp³-hybridized carbons (Fsp3) is 1.00. The quantitative estimate of drug-likeness (QED) is 0.605. The van der Waals surface area contributed by atoms with Gasteiger partial charge in [-0.3, -0.25) is 0 Å². The maximum Gasteiger partial charge on any atom is 0.389 e. The molecular weight excluding hydrogens is 165 g/mol. The molecular formula is C9H17F3. The summed E-state index contributed by atoms with van der Waals surface area (Å²) in [6.07, 6.45) is -4.43. The lowest BCUT2D eigenvalue weighted by molar-refractivity contribution is -0.138. The molecule has 0 aromatic carbocycles. The summed E-state index contributed by atoms with van der Waals surface area (Å²) in [6, 6.07) is 0. The lowest BCUT2D eigenvalue weighted by atomic mass is 9.79. The van der Waals surface area contributed by atoms with Gasteiger partial charge < -0.3 is 0 Å². The van der Waals surface area contributed by atoms with Crippen LogP contribution in [0.15, 0.2) is 0 Å². The van der Waals surface area contributed by atoms with E-state index >= 15 is 0 Å². The molecule has 0 saturated carbocycles. The number of hydrogen-bond donors (Lipinski definition) is 0. The molecule has 0 aromatic heterocycles. The highest BCUT2D eigenvalue weighted by atomic mass is 19.4. The third-order valence-electron chi connectivity index (χ3n) is 2.34. The van der Waals surface area contributed by atoms with Crippen LogP contribution in [0.3, 0.4) is 0 Å². The Morgan fingerprint density at radius 1 is 1.08 bits per heavy atom. The molecule has 0 aliphatic carbocycles. The zero-order chi connectivity index (χ0) is 9.99. The van der Waals surface area contributed by atoms with Crippen molar-refractivity contribution in [3.8, 4) is 0 Å². The number of rotatable bonds is 2. The fourth-order valence-electron chi connectivity index (χ4n) is 0.813. The normalized spacial score (nSPS) is 16.2. The molecule has 1 unspecified atom stereocenters. The van der Waals surface area contributed by atoms with Gasteiger partial charge in [-0.2, -0.15) is 13.2 Å². The van der Waals surface area contributed by atoms with Gasteiger partial charge >= 0.3 is 6.18 Å². The smallest absolute Gasteiger partial charge is 0.171 e. The van der Waals surface area contributed by atoms with E-state index in [1.807, 2.05) is 27.7 Å². The lowest BCUT2D eigenvalue weighted by Gasteiger charge is -2.27. The fourth-order valence-corrected chi connectivity index (χ4v) is 0.813. The van der Waals surface area contributed by atoms with Crippen molar-refractivity contribution >= 4 is 0 Å². The van der Waals surface area contributed by atoms with Crippen molar-refractivity contribution in [3.05, 3.63) is 0 Å². The van der Waals surface area contributed by atoms with E-state index in [4.69, 9.17) is 0 Å². The highest BCUT2D eigenvalue weighted by molar-refractivity contribution is 4.70. The van der Waals surface area contributed by atoms with Gasteiger partial charge in [0.2, 0.25) is 0 Å². The molecule has 74 valence electrons. The monoisotopic (exact) mass is 182 g/mol. The van der Waals surface area contributed by atoms with E-state index in [1.54, 1.807) is 0 Å². The Labute approximate surface area is 72.2 Å². The van der Waals surface area contributed by atoms with Crippen molar-refractivity contribution in [2.24, 2.45) is 11.3 Å². The first-order chi connectivity index (χ1) is 5.13.